The van der Waals surface area contributed by atoms with Crippen LogP contribution < -0.4 is 21.5 Å². The molecule has 1 amide bonds. The molecule has 0 radical (unpaired) electrons. The van der Waals surface area contributed by atoms with Crippen molar-refractivity contribution in [3.8, 4) is 0 Å². The maximum absolute atomic E-state index is 12.7. The molecule has 3 N–H and O–H groups in total. The molecule has 9 heteroatoms. The van der Waals surface area contributed by atoms with Crippen LogP contribution in [0.3, 0.4) is 0 Å². The number of nitrogen functional groups attached to an aromatic ring is 1. The molecule has 3 atom stereocenters. The van der Waals surface area contributed by atoms with Gasteiger partial charge in [0.1, 0.15) is 5.82 Å². The summed E-state index contributed by atoms with van der Waals surface area (Å²) >= 11 is 0. The van der Waals surface area contributed by atoms with Gasteiger partial charge in [-0.25, -0.2) is 4.98 Å². The topological polar surface area (TPSA) is 115 Å². The van der Waals surface area contributed by atoms with Gasteiger partial charge < -0.3 is 25.3 Å². The highest BCUT2D eigenvalue weighted by Crippen LogP contribution is 2.41. The smallest absolute Gasteiger partial charge is 0.251 e. The minimum atomic E-state index is -0.120. The minimum Gasteiger partial charge on any atom is -0.384 e. The molecule has 0 spiro atoms. The fourth-order valence-electron chi connectivity index (χ4n) is 4.48. The molecule has 2 aliphatic heterocycles. The van der Waals surface area contributed by atoms with Crippen LogP contribution >= 0.6 is 0 Å². The number of amides is 1. The molecule has 2 aromatic heterocycles. The van der Waals surface area contributed by atoms with Crippen LogP contribution in [0.2, 0.25) is 0 Å². The average molecular weight is 398 g/mol. The van der Waals surface area contributed by atoms with Crippen LogP contribution in [0.15, 0.2) is 35.3 Å². The Morgan fingerprint density at radius 2 is 2.21 bits per heavy atom. The number of anilines is 2. The van der Waals surface area contributed by atoms with Crippen LogP contribution in [0.1, 0.15) is 30.5 Å². The zero-order valence-electron chi connectivity index (χ0n) is 16.5. The molecule has 2 aromatic rings. The Kier molecular flexibility index (Phi) is 5.48. The van der Waals surface area contributed by atoms with Gasteiger partial charge in [-0.05, 0) is 24.5 Å². The van der Waals surface area contributed by atoms with Crippen molar-refractivity contribution in [2.24, 2.45) is 5.92 Å². The Balaban J connectivity index is 1.61. The third-order valence-electron chi connectivity index (χ3n) is 5.79. The normalized spacial score (nSPS) is 22.8. The lowest BCUT2D eigenvalue weighted by molar-refractivity contribution is -0.122. The standard InChI is InChI=1S/C20H26N6O3/c1-29-8-6-18(27)23-10-16-14-9-13(15-3-2-4-19(28)26(15)16)11-25(12-14)20-22-7-5-17(21)24-20/h2-5,7,13-14,16H,6,8-12H2,1H3,(H,23,27)(H2,21,22,24)/t13-,14+,16+/m1/s1. The van der Waals surface area contributed by atoms with Gasteiger partial charge in [0.05, 0.1) is 12.6 Å². The number of ether oxygens (including phenoxy) is 1. The van der Waals surface area contributed by atoms with Gasteiger partial charge >= 0.3 is 0 Å². The summed E-state index contributed by atoms with van der Waals surface area (Å²) in [4.78, 5) is 35.7. The number of rotatable bonds is 6. The molecule has 4 rings (SSSR count). The third-order valence-corrected chi connectivity index (χ3v) is 5.79. The summed E-state index contributed by atoms with van der Waals surface area (Å²) in [6.45, 7) is 2.22. The second-order valence-corrected chi connectivity index (χ2v) is 7.65. The second kappa shape index (κ2) is 8.20. The van der Waals surface area contributed by atoms with Crippen molar-refractivity contribution in [3.63, 3.8) is 0 Å². The minimum absolute atomic E-state index is 0.0259. The lowest BCUT2D eigenvalue weighted by Gasteiger charge is -2.47. The van der Waals surface area contributed by atoms with Crippen LogP contribution in [0.4, 0.5) is 11.8 Å². The van der Waals surface area contributed by atoms with Gasteiger partial charge in [-0.1, -0.05) is 6.07 Å². The SMILES string of the molecule is COCCC(=O)NC[C@H]1[C@H]2C[C@H](CN(c3nccc(N)n3)C2)c2cccc(=O)n21. The van der Waals surface area contributed by atoms with E-state index in [2.05, 4.69) is 20.2 Å². The van der Waals surface area contributed by atoms with Crippen molar-refractivity contribution in [2.45, 2.75) is 24.8 Å². The quantitative estimate of drug-likeness (QED) is 0.730. The van der Waals surface area contributed by atoms with Gasteiger partial charge in [-0.2, -0.15) is 4.98 Å². The molecule has 0 aliphatic carbocycles. The molecule has 1 fully saturated rings. The van der Waals surface area contributed by atoms with Crippen molar-refractivity contribution in [1.29, 1.82) is 0 Å². The van der Waals surface area contributed by atoms with Gasteiger partial charge in [-0.15, -0.1) is 0 Å². The van der Waals surface area contributed by atoms with Crippen LogP contribution in [0, 0.1) is 5.92 Å². The molecule has 2 bridgehead atoms. The van der Waals surface area contributed by atoms with Crippen LogP contribution in [-0.2, 0) is 9.53 Å². The molecule has 154 valence electrons. The maximum Gasteiger partial charge on any atom is 0.251 e. The first-order chi connectivity index (χ1) is 14.1. The number of nitrogens with two attached hydrogens (primary N) is 1. The number of methoxy groups -OCH3 is 1. The number of fused-ring (bicyclic) bond motifs is 4. The molecule has 4 heterocycles. The van der Waals surface area contributed by atoms with Crippen LogP contribution in [0.5, 0.6) is 0 Å². The average Bonchev–Trinajstić information content (AvgIpc) is 2.72. The molecule has 1 saturated heterocycles. The number of hydrogen-bond donors (Lipinski definition) is 2. The van der Waals surface area contributed by atoms with E-state index in [0.717, 1.165) is 18.7 Å². The molecule has 0 aromatic carbocycles. The van der Waals surface area contributed by atoms with Crippen molar-refractivity contribution in [3.05, 3.63) is 46.5 Å². The summed E-state index contributed by atoms with van der Waals surface area (Å²) in [5.41, 5.74) is 6.82. The van der Waals surface area contributed by atoms with E-state index in [-0.39, 0.29) is 29.3 Å². The van der Waals surface area contributed by atoms with Crippen LogP contribution in [-0.4, -0.2) is 53.8 Å². The Labute approximate surface area is 168 Å². The predicted octanol–water partition coefficient (Wildman–Crippen LogP) is 0.538. The molecule has 29 heavy (non-hydrogen) atoms. The molecule has 0 unspecified atom stereocenters. The van der Waals surface area contributed by atoms with Gasteiger partial charge in [-0.3, -0.25) is 9.59 Å². The van der Waals surface area contributed by atoms with Gasteiger partial charge in [0.15, 0.2) is 0 Å². The van der Waals surface area contributed by atoms with E-state index in [4.69, 9.17) is 10.5 Å². The van der Waals surface area contributed by atoms with E-state index >= 15 is 0 Å². The maximum atomic E-state index is 12.7. The fraction of sp³-hybridized carbons (Fsp3) is 0.500. The van der Waals surface area contributed by atoms with Crippen LogP contribution in [0.25, 0.3) is 0 Å². The first kappa shape index (κ1) is 19.4. The monoisotopic (exact) mass is 398 g/mol. The van der Waals surface area contributed by atoms with E-state index in [1.807, 2.05) is 10.6 Å². The highest BCUT2D eigenvalue weighted by Gasteiger charge is 2.41. The number of nitrogens with one attached hydrogen (secondary N) is 1. The van der Waals surface area contributed by atoms with E-state index in [9.17, 15) is 9.59 Å². The Bertz CT molecular complexity index is 946. The van der Waals surface area contributed by atoms with E-state index < -0.39 is 0 Å². The highest BCUT2D eigenvalue weighted by atomic mass is 16.5. The summed E-state index contributed by atoms with van der Waals surface area (Å²) in [5.74, 6) is 1.35. The number of carbonyl (C=O) groups excluding carboxylic acids is 1. The Morgan fingerprint density at radius 1 is 1.34 bits per heavy atom. The molecular weight excluding hydrogens is 372 g/mol. The van der Waals surface area contributed by atoms with Crippen molar-refractivity contribution < 1.29 is 9.53 Å². The number of carbonyl (C=O) groups is 1. The molecular formula is C20H26N6O3. The van der Waals surface area contributed by atoms with Gasteiger partial charge in [0, 0.05) is 57.0 Å². The van der Waals surface area contributed by atoms with Crippen molar-refractivity contribution in [2.75, 3.05) is 44.0 Å². The van der Waals surface area contributed by atoms with Crippen molar-refractivity contribution >= 4 is 17.7 Å². The summed E-state index contributed by atoms with van der Waals surface area (Å²) in [7, 11) is 1.57. The zero-order valence-corrected chi connectivity index (χ0v) is 16.5. The van der Waals surface area contributed by atoms with Crippen molar-refractivity contribution in [1.82, 2.24) is 19.9 Å². The first-order valence-corrected chi connectivity index (χ1v) is 9.87. The van der Waals surface area contributed by atoms with E-state index in [1.165, 1.54) is 0 Å². The number of aromatic nitrogens is 3. The number of nitrogens with zero attached hydrogens (tertiary/aromatic N) is 4. The second-order valence-electron chi connectivity index (χ2n) is 7.65. The highest BCUT2D eigenvalue weighted by molar-refractivity contribution is 5.75. The molecule has 2 aliphatic rings. The van der Waals surface area contributed by atoms with E-state index in [1.54, 1.807) is 31.5 Å². The third kappa shape index (κ3) is 3.95. The predicted molar refractivity (Wildman–Crippen MR) is 109 cm³/mol. The fourth-order valence-corrected chi connectivity index (χ4v) is 4.48. The largest absolute Gasteiger partial charge is 0.384 e. The first-order valence-electron chi connectivity index (χ1n) is 9.87. The Hall–Kier alpha value is -2.94. The lowest BCUT2D eigenvalue weighted by Crippen LogP contribution is -2.52. The number of pyridine rings is 1. The lowest BCUT2D eigenvalue weighted by atomic mass is 9.78. The summed E-state index contributed by atoms with van der Waals surface area (Å²) in [5, 5.41) is 2.97. The summed E-state index contributed by atoms with van der Waals surface area (Å²) in [6.07, 6.45) is 2.92. The van der Waals surface area contributed by atoms with E-state index in [0.29, 0.717) is 37.9 Å². The number of hydrogen-bond acceptors (Lipinski definition) is 7. The number of piperidine rings is 1. The van der Waals surface area contributed by atoms with Gasteiger partial charge in [0.25, 0.3) is 5.56 Å². The zero-order chi connectivity index (χ0) is 20.4. The molecule has 9 nitrogen and oxygen atoms in total. The summed E-state index contributed by atoms with van der Waals surface area (Å²) in [6, 6.07) is 6.94. The molecule has 0 saturated carbocycles. The van der Waals surface area contributed by atoms with Gasteiger partial charge in [0.2, 0.25) is 11.9 Å². The Morgan fingerprint density at radius 3 is 3.00 bits per heavy atom. The summed E-state index contributed by atoms with van der Waals surface area (Å²) < 4.78 is 6.84.